The van der Waals surface area contributed by atoms with Gasteiger partial charge in [0.1, 0.15) is 11.3 Å². The van der Waals surface area contributed by atoms with Gasteiger partial charge in [-0.3, -0.25) is 9.97 Å². The summed E-state index contributed by atoms with van der Waals surface area (Å²) in [6.45, 7) is 0. The van der Waals surface area contributed by atoms with E-state index in [1.165, 1.54) is 16.2 Å². The number of furan rings is 1. The van der Waals surface area contributed by atoms with Crippen molar-refractivity contribution in [1.82, 2.24) is 19.9 Å². The lowest BCUT2D eigenvalue weighted by molar-refractivity contribution is 0.669. The molecular weight excluding hydrogens is 673 g/mol. The molecule has 0 amide bonds. The monoisotopic (exact) mass is 702 g/mol. The summed E-state index contributed by atoms with van der Waals surface area (Å²) in [5.41, 5.74) is 11.9. The van der Waals surface area contributed by atoms with Crippen LogP contribution in [0.5, 0.6) is 0 Å². The molecule has 0 fully saturated rings. The predicted molar refractivity (Wildman–Crippen MR) is 225 cm³/mol. The van der Waals surface area contributed by atoms with E-state index in [2.05, 4.69) is 131 Å². The highest BCUT2D eigenvalue weighted by Crippen LogP contribution is 2.44. The standard InChI is InChI=1S/C50H30N4O/c1-2-13-35-33(12-1)28-41(38-15-4-3-14-37(35)38)49-50-47(39-16-5-6-21-46(39)55-50)40-18-11-17-36(48(40)54-49)32-24-22-31(23-25-32)34-29-44(42-19-7-9-26-51-42)53-45(30-34)43-20-8-10-27-52-43/h1-30H. The van der Waals surface area contributed by atoms with Crippen LogP contribution in [-0.2, 0) is 0 Å². The predicted octanol–water partition coefficient (Wildman–Crippen LogP) is 13.0. The molecule has 0 N–H and O–H groups in total. The maximum Gasteiger partial charge on any atom is 0.162 e. The Bertz CT molecular complexity index is 3190. The van der Waals surface area contributed by atoms with Gasteiger partial charge in [0, 0.05) is 39.7 Å². The lowest BCUT2D eigenvalue weighted by Crippen LogP contribution is -1.94. The summed E-state index contributed by atoms with van der Waals surface area (Å²) in [7, 11) is 0. The Kier molecular flexibility index (Phi) is 7.10. The van der Waals surface area contributed by atoms with Crippen LogP contribution >= 0.6 is 0 Å². The number of rotatable bonds is 5. The third-order valence-corrected chi connectivity index (χ3v) is 10.6. The van der Waals surface area contributed by atoms with Crippen molar-refractivity contribution in [2.24, 2.45) is 0 Å². The third kappa shape index (κ3) is 5.17. The lowest BCUT2D eigenvalue weighted by Gasteiger charge is -2.14. The molecule has 0 aliphatic heterocycles. The van der Waals surface area contributed by atoms with E-state index < -0.39 is 0 Å². The third-order valence-electron chi connectivity index (χ3n) is 10.6. The molecule has 5 heteroatoms. The van der Waals surface area contributed by atoms with E-state index in [0.717, 1.165) is 94.5 Å². The van der Waals surface area contributed by atoms with Gasteiger partial charge in [-0.05, 0) is 86.8 Å². The SMILES string of the molecule is c1ccc(-c2cc(-c3ccc(-c4cccc5c4nc(-c4cc6ccccc6c6ccccc46)c4oc6ccccc6c45)cc3)cc(-c3ccccn3)n2)nc1. The average Bonchev–Trinajstić information content (AvgIpc) is 3.66. The van der Waals surface area contributed by atoms with Crippen LogP contribution in [0.25, 0.3) is 111 Å². The molecule has 0 unspecified atom stereocenters. The zero-order chi connectivity index (χ0) is 36.3. The zero-order valence-electron chi connectivity index (χ0n) is 29.5. The van der Waals surface area contributed by atoms with E-state index in [-0.39, 0.29) is 0 Å². The van der Waals surface area contributed by atoms with Gasteiger partial charge in [0.15, 0.2) is 5.58 Å². The molecule has 5 nitrogen and oxygen atoms in total. The van der Waals surface area contributed by atoms with E-state index in [1.807, 2.05) is 48.5 Å². The van der Waals surface area contributed by atoms with Gasteiger partial charge >= 0.3 is 0 Å². The van der Waals surface area contributed by atoms with Crippen LogP contribution in [0, 0.1) is 0 Å². The number of aromatic nitrogens is 4. The van der Waals surface area contributed by atoms with Crippen LogP contribution in [0.4, 0.5) is 0 Å². The van der Waals surface area contributed by atoms with E-state index in [4.69, 9.17) is 14.4 Å². The molecule has 0 bridgehead atoms. The van der Waals surface area contributed by atoms with Crippen LogP contribution in [-0.4, -0.2) is 19.9 Å². The summed E-state index contributed by atoms with van der Waals surface area (Å²) in [4.78, 5) is 19.7. The van der Waals surface area contributed by atoms with Gasteiger partial charge in [-0.15, -0.1) is 0 Å². The van der Waals surface area contributed by atoms with Crippen molar-refractivity contribution < 1.29 is 4.42 Å². The number of fused-ring (bicyclic) bond motifs is 8. The molecule has 0 spiro atoms. The van der Waals surface area contributed by atoms with Gasteiger partial charge in [0.2, 0.25) is 0 Å². The number of para-hydroxylation sites is 2. The van der Waals surface area contributed by atoms with E-state index in [1.54, 1.807) is 12.4 Å². The number of benzene rings is 6. The summed E-state index contributed by atoms with van der Waals surface area (Å²) in [5.74, 6) is 0. The normalized spacial score (nSPS) is 11.6. The Morgan fingerprint density at radius 3 is 1.73 bits per heavy atom. The Labute approximate surface area is 316 Å². The van der Waals surface area contributed by atoms with Crippen molar-refractivity contribution in [3.63, 3.8) is 0 Å². The van der Waals surface area contributed by atoms with Crippen molar-refractivity contribution in [1.29, 1.82) is 0 Å². The summed E-state index contributed by atoms with van der Waals surface area (Å²) >= 11 is 0. The molecule has 11 rings (SSSR count). The minimum absolute atomic E-state index is 0.797. The second-order valence-corrected chi connectivity index (χ2v) is 13.8. The summed E-state index contributed by atoms with van der Waals surface area (Å²) in [6, 6.07) is 58.9. The van der Waals surface area contributed by atoms with E-state index in [0.29, 0.717) is 0 Å². The van der Waals surface area contributed by atoms with E-state index >= 15 is 0 Å². The Morgan fingerprint density at radius 2 is 1.00 bits per heavy atom. The van der Waals surface area contributed by atoms with Crippen molar-refractivity contribution in [2.75, 3.05) is 0 Å². The fraction of sp³-hybridized carbons (Fsp3) is 0. The Balaban J connectivity index is 1.12. The minimum atomic E-state index is 0.797. The van der Waals surface area contributed by atoms with E-state index in [9.17, 15) is 0 Å². The van der Waals surface area contributed by atoms with Crippen LogP contribution in [0.2, 0.25) is 0 Å². The van der Waals surface area contributed by atoms with Crippen LogP contribution in [0.3, 0.4) is 0 Å². The molecule has 0 saturated heterocycles. The second kappa shape index (κ2) is 12.6. The molecule has 11 aromatic rings. The number of hydrogen-bond acceptors (Lipinski definition) is 5. The summed E-state index contributed by atoms with van der Waals surface area (Å²) < 4.78 is 6.72. The first-order valence-electron chi connectivity index (χ1n) is 18.4. The Hall–Kier alpha value is -7.50. The molecule has 0 aliphatic rings. The van der Waals surface area contributed by atoms with Gasteiger partial charge in [-0.1, -0.05) is 121 Å². The first kappa shape index (κ1) is 31.1. The molecule has 5 aromatic heterocycles. The zero-order valence-corrected chi connectivity index (χ0v) is 29.5. The maximum atomic E-state index is 6.72. The van der Waals surface area contributed by atoms with Gasteiger partial charge in [-0.25, -0.2) is 9.97 Å². The highest BCUT2D eigenvalue weighted by molar-refractivity contribution is 6.24. The van der Waals surface area contributed by atoms with Crippen LogP contribution < -0.4 is 0 Å². The molecule has 256 valence electrons. The van der Waals surface area contributed by atoms with Gasteiger partial charge in [0.25, 0.3) is 0 Å². The van der Waals surface area contributed by atoms with Crippen molar-refractivity contribution in [3.05, 3.63) is 182 Å². The average molecular weight is 703 g/mol. The molecular formula is C50H30N4O. The van der Waals surface area contributed by atoms with Crippen LogP contribution in [0.1, 0.15) is 0 Å². The molecule has 0 saturated carbocycles. The fourth-order valence-electron chi connectivity index (χ4n) is 8.00. The molecule has 0 radical (unpaired) electrons. The largest absolute Gasteiger partial charge is 0.454 e. The highest BCUT2D eigenvalue weighted by Gasteiger charge is 2.22. The van der Waals surface area contributed by atoms with Crippen molar-refractivity contribution >= 4 is 54.4 Å². The Morgan fingerprint density at radius 1 is 0.382 bits per heavy atom. The molecule has 0 atom stereocenters. The second-order valence-electron chi connectivity index (χ2n) is 13.8. The lowest BCUT2D eigenvalue weighted by atomic mass is 9.93. The summed E-state index contributed by atoms with van der Waals surface area (Å²) in [5, 5.41) is 7.94. The number of nitrogens with zero attached hydrogens (tertiary/aromatic N) is 4. The first-order valence-corrected chi connectivity index (χ1v) is 18.4. The molecule has 6 aromatic carbocycles. The molecule has 55 heavy (non-hydrogen) atoms. The minimum Gasteiger partial charge on any atom is -0.454 e. The van der Waals surface area contributed by atoms with Gasteiger partial charge in [-0.2, -0.15) is 0 Å². The van der Waals surface area contributed by atoms with Gasteiger partial charge < -0.3 is 4.42 Å². The molecule has 5 heterocycles. The van der Waals surface area contributed by atoms with Crippen molar-refractivity contribution in [3.8, 4) is 56.3 Å². The van der Waals surface area contributed by atoms with Crippen LogP contribution in [0.15, 0.2) is 187 Å². The maximum absolute atomic E-state index is 6.72. The topological polar surface area (TPSA) is 64.7 Å². The first-order chi connectivity index (χ1) is 27.3. The smallest absolute Gasteiger partial charge is 0.162 e. The van der Waals surface area contributed by atoms with Gasteiger partial charge in [0.05, 0.1) is 28.3 Å². The highest BCUT2D eigenvalue weighted by atomic mass is 16.3. The fourth-order valence-corrected chi connectivity index (χ4v) is 8.00. The molecule has 0 aliphatic carbocycles. The van der Waals surface area contributed by atoms with Crippen molar-refractivity contribution in [2.45, 2.75) is 0 Å². The number of hydrogen-bond donors (Lipinski definition) is 0. The summed E-state index contributed by atoms with van der Waals surface area (Å²) in [6.07, 6.45) is 3.59. The number of pyridine rings is 4. The quantitative estimate of drug-likeness (QED) is 0.167.